The Morgan fingerprint density at radius 2 is 2.05 bits per heavy atom. The lowest BCUT2D eigenvalue weighted by atomic mass is 10.1. The van der Waals surface area contributed by atoms with Gasteiger partial charge >= 0.3 is 5.97 Å². The predicted octanol–water partition coefficient (Wildman–Crippen LogP) is 2.99. The third kappa shape index (κ3) is 5.44. The molecule has 0 radical (unpaired) electrons. The van der Waals surface area contributed by atoms with Crippen LogP contribution in [0.3, 0.4) is 0 Å². The molecule has 1 amide bonds. The van der Waals surface area contributed by atoms with Crippen LogP contribution in [0.2, 0.25) is 0 Å². The van der Waals surface area contributed by atoms with Crippen molar-refractivity contribution in [3.05, 3.63) is 29.3 Å². The molecule has 2 aromatic rings. The Morgan fingerprint density at radius 3 is 2.86 bits per heavy atom. The highest BCUT2D eigenvalue weighted by Gasteiger charge is 2.04. The number of hydrogen-bond acceptors (Lipinski definition) is 4. The van der Waals surface area contributed by atoms with Gasteiger partial charge in [-0.3, -0.25) is 9.59 Å². The fourth-order valence-electron chi connectivity index (χ4n) is 2.21. The summed E-state index contributed by atoms with van der Waals surface area (Å²) in [7, 11) is 0. The average Bonchev–Trinajstić information content (AvgIpc) is 2.96. The number of nitrogens with zero attached hydrogens (tertiary/aromatic N) is 1. The fourth-order valence-corrected chi connectivity index (χ4v) is 2.95. The Hall–Kier alpha value is -1.95. The van der Waals surface area contributed by atoms with E-state index >= 15 is 0 Å². The Bertz CT molecular complexity index is 639. The van der Waals surface area contributed by atoms with Crippen LogP contribution in [0.15, 0.2) is 23.7 Å². The van der Waals surface area contributed by atoms with Gasteiger partial charge < -0.3 is 10.4 Å². The number of carbonyl (C=O) groups excluding carboxylic acids is 1. The van der Waals surface area contributed by atoms with E-state index in [2.05, 4.69) is 16.4 Å². The van der Waals surface area contributed by atoms with Crippen molar-refractivity contribution >= 4 is 33.4 Å². The first-order valence-electron chi connectivity index (χ1n) is 7.46. The Morgan fingerprint density at radius 1 is 1.18 bits per heavy atom. The van der Waals surface area contributed by atoms with Gasteiger partial charge in [0.05, 0.1) is 15.7 Å². The lowest BCUT2D eigenvalue weighted by Gasteiger charge is -2.05. The number of amides is 1. The average molecular weight is 320 g/mol. The van der Waals surface area contributed by atoms with Crippen LogP contribution >= 0.6 is 11.3 Å². The summed E-state index contributed by atoms with van der Waals surface area (Å²) in [5, 5.41) is 11.4. The van der Waals surface area contributed by atoms with E-state index in [-0.39, 0.29) is 12.3 Å². The summed E-state index contributed by atoms with van der Waals surface area (Å²) in [6.07, 6.45) is 3.71. The molecule has 0 atom stereocenters. The molecule has 1 aromatic carbocycles. The molecule has 0 unspecified atom stereocenters. The lowest BCUT2D eigenvalue weighted by molar-refractivity contribution is -0.137. The molecule has 0 aliphatic heterocycles. The highest BCUT2D eigenvalue weighted by molar-refractivity contribution is 7.16. The van der Waals surface area contributed by atoms with Gasteiger partial charge in [0.1, 0.15) is 0 Å². The second kappa shape index (κ2) is 8.48. The van der Waals surface area contributed by atoms with E-state index in [4.69, 9.17) is 5.11 Å². The number of nitrogens with one attached hydrogen (secondary N) is 1. The van der Waals surface area contributed by atoms with E-state index < -0.39 is 5.97 Å². The molecular formula is C16H20N2O3S. The molecule has 1 aromatic heterocycles. The molecule has 5 nitrogen and oxygen atoms in total. The highest BCUT2D eigenvalue weighted by Crippen LogP contribution is 2.19. The summed E-state index contributed by atoms with van der Waals surface area (Å²) in [4.78, 5) is 26.3. The van der Waals surface area contributed by atoms with Gasteiger partial charge in [0.15, 0.2) is 0 Å². The van der Waals surface area contributed by atoms with Crippen LogP contribution < -0.4 is 5.32 Å². The predicted molar refractivity (Wildman–Crippen MR) is 87.1 cm³/mol. The van der Waals surface area contributed by atoms with Crippen molar-refractivity contribution in [2.45, 2.75) is 38.5 Å². The van der Waals surface area contributed by atoms with Crippen LogP contribution in [0.4, 0.5) is 0 Å². The number of rotatable bonds is 9. The van der Waals surface area contributed by atoms with Gasteiger partial charge in [-0.2, -0.15) is 0 Å². The van der Waals surface area contributed by atoms with Gasteiger partial charge in [-0.15, -0.1) is 11.3 Å². The first-order valence-corrected chi connectivity index (χ1v) is 8.34. The van der Waals surface area contributed by atoms with Crippen LogP contribution in [-0.4, -0.2) is 28.5 Å². The summed E-state index contributed by atoms with van der Waals surface area (Å²) >= 11 is 1.61. The van der Waals surface area contributed by atoms with Gasteiger partial charge in [0, 0.05) is 19.4 Å². The number of hydrogen-bond donors (Lipinski definition) is 2. The number of aryl methyl sites for hydroxylation is 1. The largest absolute Gasteiger partial charge is 0.481 e. The van der Waals surface area contributed by atoms with Crippen molar-refractivity contribution in [3.8, 4) is 0 Å². The zero-order valence-electron chi connectivity index (χ0n) is 12.4. The maximum Gasteiger partial charge on any atom is 0.303 e. The second-order valence-electron chi connectivity index (χ2n) is 5.21. The molecule has 22 heavy (non-hydrogen) atoms. The van der Waals surface area contributed by atoms with E-state index in [1.54, 1.807) is 11.3 Å². The molecule has 1 heterocycles. The zero-order valence-corrected chi connectivity index (χ0v) is 13.2. The SMILES string of the molecule is O=C(O)CCCCCNC(=O)CCc1ccc2ncsc2c1. The normalized spacial score (nSPS) is 10.7. The summed E-state index contributed by atoms with van der Waals surface area (Å²) in [5.74, 6) is -0.718. The lowest BCUT2D eigenvalue weighted by Crippen LogP contribution is -2.24. The number of aliphatic carboxylic acids is 1. The molecule has 0 aliphatic rings. The standard InChI is InChI=1S/C16H20N2O3S/c19-15(17-9-3-1-2-4-16(20)21)8-6-12-5-7-13-14(10-12)22-11-18-13/h5,7,10-11H,1-4,6,8-9H2,(H,17,19)(H,20,21). The van der Waals surface area contributed by atoms with Crippen LogP contribution in [-0.2, 0) is 16.0 Å². The summed E-state index contributed by atoms with van der Waals surface area (Å²) in [6, 6.07) is 6.09. The first-order chi connectivity index (χ1) is 10.6. The molecule has 0 saturated carbocycles. The summed E-state index contributed by atoms with van der Waals surface area (Å²) in [6.45, 7) is 0.617. The van der Waals surface area contributed by atoms with E-state index in [9.17, 15) is 9.59 Å². The second-order valence-corrected chi connectivity index (χ2v) is 6.10. The van der Waals surface area contributed by atoms with Gasteiger partial charge in [-0.25, -0.2) is 4.98 Å². The maximum absolute atomic E-state index is 11.8. The molecule has 0 saturated heterocycles. The zero-order chi connectivity index (χ0) is 15.8. The maximum atomic E-state index is 11.8. The molecule has 118 valence electrons. The van der Waals surface area contributed by atoms with E-state index in [0.29, 0.717) is 19.4 Å². The van der Waals surface area contributed by atoms with Crippen LogP contribution in [0.5, 0.6) is 0 Å². The monoisotopic (exact) mass is 320 g/mol. The minimum Gasteiger partial charge on any atom is -0.481 e. The van der Waals surface area contributed by atoms with Gasteiger partial charge in [-0.1, -0.05) is 12.5 Å². The van der Waals surface area contributed by atoms with Crippen molar-refractivity contribution in [3.63, 3.8) is 0 Å². The number of thiazole rings is 1. The Labute approximate surface area is 133 Å². The highest BCUT2D eigenvalue weighted by atomic mass is 32.1. The van der Waals surface area contributed by atoms with Crippen LogP contribution in [0, 0.1) is 0 Å². The van der Waals surface area contributed by atoms with E-state index in [0.717, 1.165) is 35.0 Å². The van der Waals surface area contributed by atoms with Crippen molar-refractivity contribution < 1.29 is 14.7 Å². The summed E-state index contributed by atoms with van der Waals surface area (Å²) < 4.78 is 1.15. The van der Waals surface area contributed by atoms with Crippen molar-refractivity contribution in [1.82, 2.24) is 10.3 Å². The number of unbranched alkanes of at least 4 members (excludes halogenated alkanes) is 2. The molecule has 0 spiro atoms. The van der Waals surface area contributed by atoms with Crippen LogP contribution in [0.25, 0.3) is 10.2 Å². The fraction of sp³-hybridized carbons (Fsp3) is 0.438. The van der Waals surface area contributed by atoms with Gasteiger partial charge in [-0.05, 0) is 37.0 Å². The Kier molecular flexibility index (Phi) is 6.33. The summed E-state index contributed by atoms with van der Waals surface area (Å²) in [5.41, 5.74) is 3.97. The molecule has 6 heteroatoms. The number of carbonyl (C=O) groups is 2. The van der Waals surface area contributed by atoms with Crippen LogP contribution in [0.1, 0.15) is 37.7 Å². The third-order valence-corrected chi connectivity index (χ3v) is 4.22. The number of carboxylic acid groups (broad SMARTS) is 1. The molecular weight excluding hydrogens is 300 g/mol. The number of benzene rings is 1. The van der Waals surface area contributed by atoms with E-state index in [1.807, 2.05) is 17.6 Å². The van der Waals surface area contributed by atoms with Crippen molar-refractivity contribution in [1.29, 1.82) is 0 Å². The van der Waals surface area contributed by atoms with Crippen molar-refractivity contribution in [2.75, 3.05) is 6.54 Å². The minimum absolute atomic E-state index is 0.0441. The van der Waals surface area contributed by atoms with Gasteiger partial charge in [0.2, 0.25) is 5.91 Å². The van der Waals surface area contributed by atoms with Crippen molar-refractivity contribution in [2.24, 2.45) is 0 Å². The number of fused-ring (bicyclic) bond motifs is 1. The molecule has 2 rings (SSSR count). The quantitative estimate of drug-likeness (QED) is 0.696. The smallest absolute Gasteiger partial charge is 0.303 e. The van der Waals surface area contributed by atoms with Gasteiger partial charge in [0.25, 0.3) is 0 Å². The molecule has 0 aliphatic carbocycles. The van der Waals surface area contributed by atoms with E-state index in [1.165, 1.54) is 0 Å². The minimum atomic E-state index is -0.762. The topological polar surface area (TPSA) is 79.3 Å². The third-order valence-electron chi connectivity index (χ3n) is 3.43. The number of aromatic nitrogens is 1. The molecule has 2 N–H and O–H groups in total. The number of carboxylic acids is 1. The first kappa shape index (κ1) is 16.4. The molecule has 0 fully saturated rings. The Balaban J connectivity index is 1.62. The molecule has 0 bridgehead atoms.